The Bertz CT molecular complexity index is 379. The van der Waals surface area contributed by atoms with Crippen LogP contribution in [0.1, 0.15) is 32.9 Å². The second-order valence-electron chi connectivity index (χ2n) is 5.39. The van der Waals surface area contributed by atoms with Crippen LogP contribution in [0.5, 0.6) is 0 Å². The van der Waals surface area contributed by atoms with Crippen LogP contribution in [0.2, 0.25) is 0 Å². The number of aromatic nitrogens is 1. The highest BCUT2D eigenvalue weighted by Gasteiger charge is 2.17. The van der Waals surface area contributed by atoms with Crippen molar-refractivity contribution >= 4 is 22.4 Å². The number of amides is 1. The molecule has 0 atom stereocenters. The summed E-state index contributed by atoms with van der Waals surface area (Å²) in [5.41, 5.74) is 1.05. The lowest BCUT2D eigenvalue weighted by molar-refractivity contribution is -0.116. The molecule has 1 rings (SSSR count). The minimum Gasteiger partial charge on any atom is -0.309 e. The predicted molar refractivity (Wildman–Crippen MR) is 72.6 cm³/mol. The Morgan fingerprint density at radius 3 is 2.59 bits per heavy atom. The standard InChI is InChI=1S/C12H21N3OS/c1-12(2,3)9-8-17-11(13-9)14-10(16)6-7-15(4)5/h8H,6-7H2,1-5H3,(H,13,14,16). The fourth-order valence-electron chi connectivity index (χ4n) is 1.18. The van der Waals surface area contributed by atoms with Crippen molar-refractivity contribution in [3.8, 4) is 0 Å². The average Bonchev–Trinajstić information content (AvgIpc) is 2.62. The average molecular weight is 255 g/mol. The number of nitrogens with one attached hydrogen (secondary N) is 1. The normalized spacial score (nSPS) is 11.9. The number of nitrogens with zero attached hydrogens (tertiary/aromatic N) is 2. The van der Waals surface area contributed by atoms with Gasteiger partial charge in [-0.05, 0) is 14.1 Å². The van der Waals surface area contributed by atoms with Crippen molar-refractivity contribution in [3.63, 3.8) is 0 Å². The first kappa shape index (κ1) is 14.1. The maximum absolute atomic E-state index is 11.6. The monoisotopic (exact) mass is 255 g/mol. The van der Waals surface area contributed by atoms with Crippen molar-refractivity contribution in [1.82, 2.24) is 9.88 Å². The number of anilines is 1. The molecule has 0 aliphatic carbocycles. The second kappa shape index (κ2) is 5.60. The third-order valence-corrected chi connectivity index (χ3v) is 3.06. The van der Waals surface area contributed by atoms with E-state index >= 15 is 0 Å². The smallest absolute Gasteiger partial charge is 0.227 e. The zero-order valence-corrected chi connectivity index (χ0v) is 12.0. The van der Waals surface area contributed by atoms with Gasteiger partial charge in [0.2, 0.25) is 5.91 Å². The van der Waals surface area contributed by atoms with Crippen molar-refractivity contribution in [3.05, 3.63) is 11.1 Å². The Balaban J connectivity index is 2.52. The van der Waals surface area contributed by atoms with Gasteiger partial charge in [-0.1, -0.05) is 20.8 Å². The van der Waals surface area contributed by atoms with Crippen LogP contribution >= 0.6 is 11.3 Å². The predicted octanol–water partition coefficient (Wildman–Crippen LogP) is 2.33. The van der Waals surface area contributed by atoms with Gasteiger partial charge in [-0.2, -0.15) is 0 Å². The van der Waals surface area contributed by atoms with E-state index in [4.69, 9.17) is 0 Å². The lowest BCUT2D eigenvalue weighted by Crippen LogP contribution is -2.21. The largest absolute Gasteiger partial charge is 0.309 e. The van der Waals surface area contributed by atoms with E-state index in [1.165, 1.54) is 11.3 Å². The summed E-state index contributed by atoms with van der Waals surface area (Å²) >= 11 is 1.48. The summed E-state index contributed by atoms with van der Waals surface area (Å²) in [6, 6.07) is 0. The molecule has 1 N–H and O–H groups in total. The van der Waals surface area contributed by atoms with Gasteiger partial charge in [0.25, 0.3) is 0 Å². The summed E-state index contributed by atoms with van der Waals surface area (Å²) in [6.45, 7) is 7.09. The first-order chi connectivity index (χ1) is 7.79. The first-order valence-corrected chi connectivity index (χ1v) is 6.57. The van der Waals surface area contributed by atoms with Crippen molar-refractivity contribution in [2.75, 3.05) is 26.0 Å². The molecule has 0 spiro atoms. The van der Waals surface area contributed by atoms with Crippen molar-refractivity contribution < 1.29 is 4.79 Å². The van der Waals surface area contributed by atoms with E-state index in [2.05, 4.69) is 31.1 Å². The molecule has 0 saturated carbocycles. The van der Waals surface area contributed by atoms with Crippen molar-refractivity contribution in [2.24, 2.45) is 0 Å². The van der Waals surface area contributed by atoms with Crippen LogP contribution in [0.15, 0.2) is 5.38 Å². The quantitative estimate of drug-likeness (QED) is 0.898. The summed E-state index contributed by atoms with van der Waals surface area (Å²) in [7, 11) is 3.91. The molecular weight excluding hydrogens is 234 g/mol. The van der Waals surface area contributed by atoms with Crippen LogP contribution in [0.3, 0.4) is 0 Å². The topological polar surface area (TPSA) is 45.2 Å². The Kier molecular flexibility index (Phi) is 4.65. The highest BCUT2D eigenvalue weighted by Crippen LogP contribution is 2.26. The zero-order valence-electron chi connectivity index (χ0n) is 11.2. The highest BCUT2D eigenvalue weighted by molar-refractivity contribution is 7.13. The number of hydrogen-bond acceptors (Lipinski definition) is 4. The number of carbonyl (C=O) groups is 1. The third kappa shape index (κ3) is 4.83. The van der Waals surface area contributed by atoms with E-state index in [0.717, 1.165) is 12.2 Å². The van der Waals surface area contributed by atoms with Gasteiger partial charge in [-0.15, -0.1) is 11.3 Å². The molecule has 96 valence electrons. The van der Waals surface area contributed by atoms with E-state index in [1.54, 1.807) is 0 Å². The number of hydrogen-bond donors (Lipinski definition) is 1. The minimum atomic E-state index is 0.0218. The van der Waals surface area contributed by atoms with Crippen LogP contribution in [-0.2, 0) is 10.2 Å². The van der Waals surface area contributed by atoms with E-state index in [1.807, 2.05) is 24.4 Å². The van der Waals surface area contributed by atoms with E-state index in [0.29, 0.717) is 11.6 Å². The molecule has 1 heterocycles. The Morgan fingerprint density at radius 1 is 1.47 bits per heavy atom. The second-order valence-corrected chi connectivity index (χ2v) is 6.25. The van der Waals surface area contributed by atoms with Crippen LogP contribution < -0.4 is 5.32 Å². The lowest BCUT2D eigenvalue weighted by atomic mass is 9.93. The molecular formula is C12H21N3OS. The molecule has 0 saturated heterocycles. The van der Waals surface area contributed by atoms with Gasteiger partial charge in [-0.3, -0.25) is 4.79 Å². The summed E-state index contributed by atoms with van der Waals surface area (Å²) in [5.74, 6) is 0.0218. The molecule has 0 radical (unpaired) electrons. The van der Waals surface area contributed by atoms with Gasteiger partial charge in [0.05, 0.1) is 5.69 Å². The van der Waals surface area contributed by atoms with E-state index in [9.17, 15) is 4.79 Å². The lowest BCUT2D eigenvalue weighted by Gasteiger charge is -2.14. The maximum atomic E-state index is 11.6. The van der Waals surface area contributed by atoms with Crippen LogP contribution in [-0.4, -0.2) is 36.4 Å². The molecule has 0 fully saturated rings. The fourth-order valence-corrected chi connectivity index (χ4v) is 2.14. The van der Waals surface area contributed by atoms with Crippen molar-refractivity contribution in [2.45, 2.75) is 32.6 Å². The van der Waals surface area contributed by atoms with Gasteiger partial charge in [0.15, 0.2) is 5.13 Å². The Morgan fingerprint density at radius 2 is 2.12 bits per heavy atom. The highest BCUT2D eigenvalue weighted by atomic mass is 32.1. The van der Waals surface area contributed by atoms with Crippen LogP contribution in [0.25, 0.3) is 0 Å². The minimum absolute atomic E-state index is 0.0218. The van der Waals surface area contributed by atoms with Gasteiger partial charge in [0, 0.05) is 23.8 Å². The van der Waals surface area contributed by atoms with E-state index < -0.39 is 0 Å². The molecule has 0 aliphatic heterocycles. The molecule has 0 aromatic carbocycles. The summed E-state index contributed by atoms with van der Waals surface area (Å²) in [5, 5.41) is 5.53. The molecule has 5 heteroatoms. The number of thiazole rings is 1. The van der Waals surface area contributed by atoms with Gasteiger partial charge >= 0.3 is 0 Å². The summed E-state index contributed by atoms with van der Waals surface area (Å²) < 4.78 is 0. The molecule has 0 aliphatic rings. The van der Waals surface area contributed by atoms with Crippen LogP contribution in [0.4, 0.5) is 5.13 Å². The van der Waals surface area contributed by atoms with Gasteiger partial charge in [-0.25, -0.2) is 4.98 Å². The first-order valence-electron chi connectivity index (χ1n) is 5.69. The molecule has 17 heavy (non-hydrogen) atoms. The molecule has 0 bridgehead atoms. The maximum Gasteiger partial charge on any atom is 0.227 e. The van der Waals surface area contributed by atoms with Crippen molar-refractivity contribution in [1.29, 1.82) is 0 Å². The third-order valence-electron chi connectivity index (χ3n) is 2.31. The molecule has 1 aromatic heterocycles. The fraction of sp³-hybridized carbons (Fsp3) is 0.667. The molecule has 1 amide bonds. The summed E-state index contributed by atoms with van der Waals surface area (Å²) in [4.78, 5) is 18.0. The zero-order chi connectivity index (χ0) is 13.1. The number of rotatable bonds is 4. The molecule has 0 unspecified atom stereocenters. The molecule has 4 nitrogen and oxygen atoms in total. The van der Waals surface area contributed by atoms with Gasteiger partial charge < -0.3 is 10.2 Å². The number of carbonyl (C=O) groups excluding carboxylic acids is 1. The van der Waals surface area contributed by atoms with Gasteiger partial charge in [0.1, 0.15) is 0 Å². The molecule has 1 aromatic rings. The Labute approximate surface area is 107 Å². The van der Waals surface area contributed by atoms with Crippen LogP contribution in [0, 0.1) is 0 Å². The summed E-state index contributed by atoms with van der Waals surface area (Å²) in [6.07, 6.45) is 0.497. The SMILES string of the molecule is CN(C)CCC(=O)Nc1nc(C(C)(C)C)cs1. The van der Waals surface area contributed by atoms with E-state index in [-0.39, 0.29) is 11.3 Å². The Hall–Kier alpha value is -0.940.